The van der Waals surface area contributed by atoms with E-state index in [2.05, 4.69) is 9.97 Å². The Balaban J connectivity index is 2.19. The van der Waals surface area contributed by atoms with E-state index in [-0.39, 0.29) is 0 Å². The molecule has 0 fully saturated rings. The van der Waals surface area contributed by atoms with Gasteiger partial charge in [-0.1, -0.05) is 17.7 Å². The van der Waals surface area contributed by atoms with Gasteiger partial charge in [0.2, 0.25) is 0 Å². The molecule has 90 valence electrons. The lowest BCUT2D eigenvalue weighted by atomic mass is 10.1. The Morgan fingerprint density at radius 3 is 2.78 bits per heavy atom. The fraction of sp³-hybridized carbons (Fsp3) is 0.0714. The van der Waals surface area contributed by atoms with Gasteiger partial charge in [-0.25, -0.2) is 4.98 Å². The number of imidazole rings is 1. The molecule has 0 amide bonds. The van der Waals surface area contributed by atoms with Gasteiger partial charge in [-0.3, -0.25) is 0 Å². The van der Waals surface area contributed by atoms with E-state index in [4.69, 9.17) is 17.3 Å². The Kier molecular flexibility index (Phi) is 2.49. The molecule has 0 unspecified atom stereocenters. The SMILES string of the molecule is Cc1cc(-c2nc3c(Cl)cccc3[nH]2)ccc1N. The van der Waals surface area contributed by atoms with Gasteiger partial charge >= 0.3 is 0 Å². The molecular weight excluding hydrogens is 246 g/mol. The lowest BCUT2D eigenvalue weighted by molar-refractivity contribution is 1.32. The highest BCUT2D eigenvalue weighted by atomic mass is 35.5. The van der Waals surface area contributed by atoms with Crippen LogP contribution in [0.15, 0.2) is 36.4 Å². The van der Waals surface area contributed by atoms with Crippen molar-refractivity contribution in [1.29, 1.82) is 0 Å². The van der Waals surface area contributed by atoms with Crippen LogP contribution in [0.4, 0.5) is 5.69 Å². The van der Waals surface area contributed by atoms with Gasteiger partial charge < -0.3 is 10.7 Å². The van der Waals surface area contributed by atoms with Gasteiger partial charge in [-0.15, -0.1) is 0 Å². The highest BCUT2D eigenvalue weighted by Crippen LogP contribution is 2.26. The van der Waals surface area contributed by atoms with Crippen LogP contribution in [0, 0.1) is 6.92 Å². The van der Waals surface area contributed by atoms with Crippen molar-refractivity contribution in [2.45, 2.75) is 6.92 Å². The summed E-state index contributed by atoms with van der Waals surface area (Å²) >= 11 is 6.11. The van der Waals surface area contributed by atoms with Crippen LogP contribution in [-0.4, -0.2) is 9.97 Å². The number of para-hydroxylation sites is 1. The van der Waals surface area contributed by atoms with Crippen molar-refractivity contribution in [2.24, 2.45) is 0 Å². The smallest absolute Gasteiger partial charge is 0.138 e. The minimum Gasteiger partial charge on any atom is -0.399 e. The molecular formula is C14H12ClN3. The third-order valence-corrected chi connectivity index (χ3v) is 3.31. The van der Waals surface area contributed by atoms with Gasteiger partial charge in [0.05, 0.1) is 10.5 Å². The molecule has 1 aromatic heterocycles. The highest BCUT2D eigenvalue weighted by Gasteiger charge is 2.08. The maximum Gasteiger partial charge on any atom is 0.138 e. The molecule has 1 heterocycles. The van der Waals surface area contributed by atoms with Crippen molar-refractivity contribution in [2.75, 3.05) is 5.73 Å². The van der Waals surface area contributed by atoms with E-state index in [1.807, 2.05) is 43.3 Å². The number of nitrogens with two attached hydrogens (primary N) is 1. The molecule has 3 aromatic rings. The van der Waals surface area contributed by atoms with Crippen LogP contribution in [-0.2, 0) is 0 Å². The zero-order chi connectivity index (χ0) is 12.7. The summed E-state index contributed by atoms with van der Waals surface area (Å²) in [6, 6.07) is 11.6. The Bertz CT molecular complexity index is 731. The Morgan fingerprint density at radius 1 is 1.22 bits per heavy atom. The molecule has 0 aliphatic carbocycles. The second-order valence-electron chi connectivity index (χ2n) is 4.29. The van der Waals surface area contributed by atoms with E-state index in [0.717, 1.165) is 33.7 Å². The van der Waals surface area contributed by atoms with Crippen molar-refractivity contribution in [3.8, 4) is 11.4 Å². The molecule has 0 saturated carbocycles. The van der Waals surface area contributed by atoms with E-state index in [9.17, 15) is 0 Å². The molecule has 0 bridgehead atoms. The number of anilines is 1. The molecule has 3 rings (SSSR count). The molecule has 18 heavy (non-hydrogen) atoms. The number of rotatable bonds is 1. The van der Waals surface area contributed by atoms with E-state index >= 15 is 0 Å². The van der Waals surface area contributed by atoms with Gasteiger partial charge in [0.25, 0.3) is 0 Å². The standard InChI is InChI=1S/C14H12ClN3/c1-8-7-9(5-6-11(8)16)14-17-12-4-2-3-10(15)13(12)18-14/h2-7H,16H2,1H3,(H,17,18). The molecule has 3 nitrogen and oxygen atoms in total. The first-order valence-electron chi connectivity index (χ1n) is 5.66. The minimum absolute atomic E-state index is 0.655. The Hall–Kier alpha value is -2.00. The first-order chi connectivity index (χ1) is 8.65. The summed E-state index contributed by atoms with van der Waals surface area (Å²) in [5.41, 5.74) is 10.4. The lowest BCUT2D eigenvalue weighted by Crippen LogP contribution is -1.90. The summed E-state index contributed by atoms with van der Waals surface area (Å²) in [6.07, 6.45) is 0. The summed E-state index contributed by atoms with van der Waals surface area (Å²) in [6.45, 7) is 1.98. The van der Waals surface area contributed by atoms with Gasteiger partial charge in [0.15, 0.2) is 0 Å². The fourth-order valence-corrected chi connectivity index (χ4v) is 2.17. The van der Waals surface area contributed by atoms with Gasteiger partial charge in [-0.05, 0) is 42.8 Å². The average Bonchev–Trinajstić information content (AvgIpc) is 2.78. The molecule has 0 atom stereocenters. The van der Waals surface area contributed by atoms with Crippen LogP contribution in [0.1, 0.15) is 5.56 Å². The average molecular weight is 258 g/mol. The number of hydrogen-bond acceptors (Lipinski definition) is 2. The number of nitrogens with one attached hydrogen (secondary N) is 1. The molecule has 0 aliphatic rings. The van der Waals surface area contributed by atoms with Crippen molar-refractivity contribution in [1.82, 2.24) is 9.97 Å². The van der Waals surface area contributed by atoms with E-state index in [0.29, 0.717) is 5.02 Å². The molecule has 3 N–H and O–H groups in total. The van der Waals surface area contributed by atoms with Crippen LogP contribution in [0.2, 0.25) is 5.02 Å². The topological polar surface area (TPSA) is 54.7 Å². The fourth-order valence-electron chi connectivity index (χ4n) is 1.96. The number of benzene rings is 2. The first kappa shape index (κ1) is 11.1. The monoisotopic (exact) mass is 257 g/mol. The third-order valence-electron chi connectivity index (χ3n) is 3.01. The number of H-pyrrole nitrogens is 1. The normalized spacial score (nSPS) is 11.0. The second kappa shape index (κ2) is 4.03. The summed E-state index contributed by atoms with van der Waals surface area (Å²) in [5.74, 6) is 0.807. The van der Waals surface area contributed by atoms with Crippen LogP contribution >= 0.6 is 11.6 Å². The summed E-state index contributed by atoms with van der Waals surface area (Å²) in [5, 5.41) is 0.655. The van der Waals surface area contributed by atoms with E-state index < -0.39 is 0 Å². The Labute approximate surface area is 110 Å². The third kappa shape index (κ3) is 1.73. The van der Waals surface area contributed by atoms with E-state index in [1.165, 1.54) is 0 Å². The number of fused-ring (bicyclic) bond motifs is 1. The summed E-state index contributed by atoms with van der Waals surface area (Å²) in [7, 11) is 0. The second-order valence-corrected chi connectivity index (χ2v) is 4.70. The number of aromatic nitrogens is 2. The number of hydrogen-bond donors (Lipinski definition) is 2. The van der Waals surface area contributed by atoms with Crippen LogP contribution in [0.5, 0.6) is 0 Å². The maximum absolute atomic E-state index is 6.11. The van der Waals surface area contributed by atoms with Crippen LogP contribution in [0.25, 0.3) is 22.4 Å². The molecule has 0 saturated heterocycles. The quantitative estimate of drug-likeness (QED) is 0.652. The summed E-state index contributed by atoms with van der Waals surface area (Å²) < 4.78 is 0. The predicted molar refractivity (Wildman–Crippen MR) is 75.7 cm³/mol. The van der Waals surface area contributed by atoms with Gasteiger partial charge in [0, 0.05) is 11.3 Å². The zero-order valence-electron chi connectivity index (χ0n) is 9.87. The molecule has 4 heteroatoms. The Morgan fingerprint density at radius 2 is 2.06 bits per heavy atom. The van der Waals surface area contributed by atoms with Gasteiger partial charge in [-0.2, -0.15) is 0 Å². The summed E-state index contributed by atoms with van der Waals surface area (Å²) in [4.78, 5) is 7.79. The number of nitrogen functional groups attached to an aromatic ring is 1. The van der Waals surface area contributed by atoms with Gasteiger partial charge in [0.1, 0.15) is 11.3 Å². The van der Waals surface area contributed by atoms with Crippen LogP contribution in [0.3, 0.4) is 0 Å². The molecule has 2 aromatic carbocycles. The largest absolute Gasteiger partial charge is 0.399 e. The first-order valence-corrected chi connectivity index (χ1v) is 6.03. The van der Waals surface area contributed by atoms with Crippen molar-refractivity contribution < 1.29 is 0 Å². The predicted octanol–water partition coefficient (Wildman–Crippen LogP) is 3.77. The minimum atomic E-state index is 0.655. The molecule has 0 spiro atoms. The zero-order valence-corrected chi connectivity index (χ0v) is 10.6. The number of nitrogens with zero attached hydrogens (tertiary/aromatic N) is 1. The number of aryl methyl sites for hydroxylation is 1. The van der Waals surface area contributed by atoms with Crippen molar-refractivity contribution in [3.05, 3.63) is 47.0 Å². The number of halogens is 1. The number of aromatic amines is 1. The molecule has 0 aliphatic heterocycles. The lowest BCUT2D eigenvalue weighted by Gasteiger charge is -2.01. The maximum atomic E-state index is 6.11. The van der Waals surface area contributed by atoms with Crippen molar-refractivity contribution >= 4 is 28.3 Å². The molecule has 0 radical (unpaired) electrons. The highest BCUT2D eigenvalue weighted by molar-refractivity contribution is 6.34. The van der Waals surface area contributed by atoms with Crippen LogP contribution < -0.4 is 5.73 Å². The van der Waals surface area contributed by atoms with Crippen molar-refractivity contribution in [3.63, 3.8) is 0 Å². The van der Waals surface area contributed by atoms with E-state index in [1.54, 1.807) is 0 Å².